The normalized spacial score (nSPS) is 17.8. The number of nitrogens with zero attached hydrogens (tertiary/aromatic N) is 1. The van der Waals surface area contributed by atoms with E-state index >= 15 is 0 Å². The second-order valence-corrected chi connectivity index (χ2v) is 7.85. The Bertz CT molecular complexity index is 997. The molecule has 2 aromatic carbocycles. The van der Waals surface area contributed by atoms with Gasteiger partial charge in [0.1, 0.15) is 14.5 Å². The maximum absolute atomic E-state index is 13.1. The van der Waals surface area contributed by atoms with Gasteiger partial charge < -0.3 is 9.64 Å². The minimum absolute atomic E-state index is 0.0529. The molecule has 2 radical (unpaired) electrons. The molecule has 0 N–H and O–H groups in total. The highest BCUT2D eigenvalue weighted by Crippen LogP contribution is 2.45. The average Bonchev–Trinajstić information content (AvgIpc) is 2.99. The molecule has 1 aliphatic heterocycles. The fourth-order valence-electron chi connectivity index (χ4n) is 4.58. The number of amides is 1. The molecular formula is C22H19BF3NO3. The number of piperidine rings is 1. The SMILES string of the molecule is [B]c1cccc2c1C1(CCN(C(=O)OCc3ccccc3C(F)(F)F)CC1)CC2=O. The molecule has 1 spiro atoms. The maximum atomic E-state index is 13.1. The van der Waals surface area contributed by atoms with E-state index in [-0.39, 0.29) is 11.3 Å². The monoisotopic (exact) mass is 413 g/mol. The molecule has 2 aromatic rings. The topological polar surface area (TPSA) is 46.6 Å². The molecule has 2 aliphatic rings. The van der Waals surface area contributed by atoms with Gasteiger partial charge >= 0.3 is 12.3 Å². The fraction of sp³-hybridized carbons (Fsp3) is 0.364. The lowest BCUT2D eigenvalue weighted by Crippen LogP contribution is -2.46. The highest BCUT2D eigenvalue weighted by molar-refractivity contribution is 6.34. The first kappa shape index (κ1) is 20.5. The van der Waals surface area contributed by atoms with Crippen molar-refractivity contribution in [2.75, 3.05) is 13.1 Å². The van der Waals surface area contributed by atoms with Crippen molar-refractivity contribution in [1.29, 1.82) is 0 Å². The Morgan fingerprint density at radius 3 is 2.50 bits per heavy atom. The summed E-state index contributed by atoms with van der Waals surface area (Å²) in [5.74, 6) is 0.0529. The van der Waals surface area contributed by atoms with Gasteiger partial charge in [0, 0.05) is 36.1 Å². The molecule has 4 rings (SSSR count). The van der Waals surface area contributed by atoms with Gasteiger partial charge in [-0.1, -0.05) is 41.9 Å². The van der Waals surface area contributed by atoms with Crippen LogP contribution >= 0.6 is 0 Å². The number of fused-ring (bicyclic) bond motifs is 2. The van der Waals surface area contributed by atoms with Crippen molar-refractivity contribution in [2.24, 2.45) is 0 Å². The van der Waals surface area contributed by atoms with Crippen LogP contribution in [0.1, 0.15) is 46.3 Å². The number of Topliss-reactive ketones (excluding diaryl/α,β-unsaturated/α-hetero) is 1. The standard InChI is InChI=1S/C22H19BF3NO3/c23-17-7-3-5-15-18(28)12-21(19(15)17)8-10-27(11-9-21)20(29)30-13-14-4-1-2-6-16(14)22(24,25)26/h1-7H,8-13H2. The lowest BCUT2D eigenvalue weighted by Gasteiger charge is -2.39. The molecular weight excluding hydrogens is 394 g/mol. The summed E-state index contributed by atoms with van der Waals surface area (Å²) < 4.78 is 44.4. The second-order valence-electron chi connectivity index (χ2n) is 7.85. The number of ketones is 1. The van der Waals surface area contributed by atoms with Gasteiger partial charge in [-0.25, -0.2) is 4.79 Å². The number of carbonyl (C=O) groups excluding carboxylic acids is 2. The van der Waals surface area contributed by atoms with Crippen molar-refractivity contribution in [1.82, 2.24) is 4.90 Å². The van der Waals surface area contributed by atoms with Gasteiger partial charge in [-0.05, 0) is 24.5 Å². The van der Waals surface area contributed by atoms with Crippen molar-refractivity contribution in [3.8, 4) is 0 Å². The van der Waals surface area contributed by atoms with Crippen LogP contribution in [0.5, 0.6) is 0 Å². The number of likely N-dealkylation sites (tertiary alicyclic amines) is 1. The van der Waals surface area contributed by atoms with Crippen molar-refractivity contribution in [3.63, 3.8) is 0 Å². The van der Waals surface area contributed by atoms with Gasteiger partial charge in [-0.3, -0.25) is 4.79 Å². The number of alkyl halides is 3. The first-order chi connectivity index (χ1) is 14.2. The van der Waals surface area contributed by atoms with E-state index in [1.54, 1.807) is 18.2 Å². The molecule has 1 saturated heterocycles. The van der Waals surface area contributed by atoms with Crippen LogP contribution < -0.4 is 5.46 Å². The highest BCUT2D eigenvalue weighted by atomic mass is 19.4. The molecule has 0 atom stereocenters. The van der Waals surface area contributed by atoms with Crippen LogP contribution in [-0.4, -0.2) is 37.7 Å². The summed E-state index contributed by atoms with van der Waals surface area (Å²) in [6.45, 7) is 0.242. The van der Waals surface area contributed by atoms with Gasteiger partial charge in [0.25, 0.3) is 0 Å². The van der Waals surface area contributed by atoms with Crippen LogP contribution in [0.4, 0.5) is 18.0 Å². The molecule has 30 heavy (non-hydrogen) atoms. The molecule has 0 unspecified atom stereocenters. The van der Waals surface area contributed by atoms with Crippen molar-refractivity contribution in [2.45, 2.75) is 37.5 Å². The molecule has 1 amide bonds. The maximum Gasteiger partial charge on any atom is 0.416 e. The third kappa shape index (κ3) is 3.59. The summed E-state index contributed by atoms with van der Waals surface area (Å²) in [7, 11) is 6.15. The number of carbonyl (C=O) groups is 2. The van der Waals surface area contributed by atoms with Gasteiger partial charge in [0.15, 0.2) is 5.78 Å². The van der Waals surface area contributed by atoms with E-state index < -0.39 is 29.9 Å². The summed E-state index contributed by atoms with van der Waals surface area (Å²) in [5, 5.41) is 0. The minimum Gasteiger partial charge on any atom is -0.445 e. The minimum atomic E-state index is -4.51. The summed E-state index contributed by atoms with van der Waals surface area (Å²) >= 11 is 0. The predicted octanol–water partition coefficient (Wildman–Crippen LogP) is 3.76. The summed E-state index contributed by atoms with van der Waals surface area (Å²) in [5.41, 5.74) is 0.800. The van der Waals surface area contributed by atoms with Crippen molar-refractivity contribution < 1.29 is 27.5 Å². The Kier molecular flexibility index (Phi) is 5.12. The number of hydrogen-bond acceptors (Lipinski definition) is 3. The number of benzene rings is 2. The molecule has 0 bridgehead atoms. The molecule has 1 heterocycles. The fourth-order valence-corrected chi connectivity index (χ4v) is 4.58. The van der Waals surface area contributed by atoms with Crippen LogP contribution in [0.25, 0.3) is 0 Å². The second kappa shape index (κ2) is 7.49. The third-order valence-electron chi connectivity index (χ3n) is 6.08. The van der Waals surface area contributed by atoms with Crippen molar-refractivity contribution >= 4 is 25.2 Å². The van der Waals surface area contributed by atoms with Gasteiger partial charge in [-0.15, -0.1) is 0 Å². The van der Waals surface area contributed by atoms with E-state index in [1.807, 2.05) is 0 Å². The summed E-state index contributed by atoms with van der Waals surface area (Å²) in [6.07, 6.45) is -3.71. The van der Waals surface area contributed by atoms with Gasteiger partial charge in [0.05, 0.1) is 5.56 Å². The first-order valence-corrected chi connectivity index (χ1v) is 9.70. The molecule has 0 saturated carbocycles. The third-order valence-corrected chi connectivity index (χ3v) is 6.08. The Balaban J connectivity index is 1.42. The van der Waals surface area contributed by atoms with E-state index in [2.05, 4.69) is 0 Å². The van der Waals surface area contributed by atoms with Crippen LogP contribution in [0.15, 0.2) is 42.5 Å². The number of hydrogen-bond donors (Lipinski definition) is 0. The van der Waals surface area contributed by atoms with Crippen LogP contribution in [0.3, 0.4) is 0 Å². The number of rotatable bonds is 2. The van der Waals surface area contributed by atoms with Crippen molar-refractivity contribution in [3.05, 3.63) is 64.7 Å². The van der Waals surface area contributed by atoms with E-state index in [0.717, 1.165) is 11.6 Å². The van der Waals surface area contributed by atoms with E-state index in [0.29, 0.717) is 43.4 Å². The van der Waals surface area contributed by atoms with Gasteiger partial charge in [-0.2, -0.15) is 13.2 Å². The largest absolute Gasteiger partial charge is 0.445 e. The Morgan fingerprint density at radius 1 is 1.10 bits per heavy atom. The van der Waals surface area contributed by atoms with Crippen LogP contribution in [0.2, 0.25) is 0 Å². The molecule has 1 fully saturated rings. The zero-order valence-electron chi connectivity index (χ0n) is 16.2. The van der Waals surface area contributed by atoms with E-state index in [9.17, 15) is 22.8 Å². The Morgan fingerprint density at radius 2 is 1.80 bits per heavy atom. The van der Waals surface area contributed by atoms with Crippen LogP contribution in [-0.2, 0) is 22.9 Å². The molecule has 0 aromatic heterocycles. The number of halogens is 3. The average molecular weight is 413 g/mol. The zero-order chi connectivity index (χ0) is 21.5. The zero-order valence-corrected chi connectivity index (χ0v) is 16.2. The molecule has 8 heteroatoms. The molecule has 4 nitrogen and oxygen atoms in total. The molecule has 1 aliphatic carbocycles. The molecule has 154 valence electrons. The lowest BCUT2D eigenvalue weighted by atomic mass is 9.69. The summed E-state index contributed by atoms with van der Waals surface area (Å²) in [6, 6.07) is 10.3. The summed E-state index contributed by atoms with van der Waals surface area (Å²) in [4.78, 5) is 26.3. The number of ether oxygens (including phenoxy) is 1. The Hall–Kier alpha value is -2.77. The quantitative estimate of drug-likeness (QED) is 0.705. The van der Waals surface area contributed by atoms with E-state index in [1.165, 1.54) is 23.1 Å². The first-order valence-electron chi connectivity index (χ1n) is 9.70. The van der Waals surface area contributed by atoms with Crippen LogP contribution in [0, 0.1) is 0 Å². The lowest BCUT2D eigenvalue weighted by molar-refractivity contribution is -0.138. The highest BCUT2D eigenvalue weighted by Gasteiger charge is 2.46. The Labute approximate surface area is 173 Å². The van der Waals surface area contributed by atoms with Gasteiger partial charge in [0.2, 0.25) is 0 Å². The predicted molar refractivity (Wildman–Crippen MR) is 105 cm³/mol. The smallest absolute Gasteiger partial charge is 0.416 e. The van der Waals surface area contributed by atoms with E-state index in [4.69, 9.17) is 12.6 Å².